The fourth-order valence-corrected chi connectivity index (χ4v) is 8.44. The van der Waals surface area contributed by atoms with Crippen molar-refractivity contribution < 1.29 is 24.2 Å². The molecule has 1 N–H and O–H groups in total. The lowest BCUT2D eigenvalue weighted by atomic mass is 9.38. The summed E-state index contributed by atoms with van der Waals surface area (Å²) in [5.41, 5.74) is 0.299. The minimum atomic E-state index is -1.03. The van der Waals surface area contributed by atoms with Crippen LogP contribution in [0.5, 0.6) is 0 Å². The van der Waals surface area contributed by atoms with Gasteiger partial charge in [-0.3, -0.25) is 9.59 Å². The minimum absolute atomic E-state index is 0.180. The third kappa shape index (κ3) is 4.51. The number of hydrogen-bond acceptors (Lipinski definition) is 5. The van der Waals surface area contributed by atoms with Crippen molar-refractivity contribution in [2.75, 3.05) is 13.2 Å². The van der Waals surface area contributed by atoms with Crippen molar-refractivity contribution in [3.05, 3.63) is 0 Å². The predicted molar refractivity (Wildman–Crippen MR) is 121 cm³/mol. The maximum atomic E-state index is 13.4. The zero-order chi connectivity index (χ0) is 23.2. The second-order valence-corrected chi connectivity index (χ2v) is 12.7. The highest BCUT2D eigenvalue weighted by molar-refractivity contribution is 6.25. The SMILES string of the molecule is CC(=O)OC[C@H](O)COC(=O)[C@H]1[C@@](C)(Cl)CCC2[C@]3(C)CCCC(C)(C)C3CC[C@@]21C. The van der Waals surface area contributed by atoms with Crippen LogP contribution in [0.3, 0.4) is 0 Å². The van der Waals surface area contributed by atoms with Crippen molar-refractivity contribution in [1.29, 1.82) is 0 Å². The number of ether oxygens (including phenoxy) is 2. The number of fused-ring (bicyclic) bond motifs is 3. The molecule has 0 saturated heterocycles. The fraction of sp³-hybridized carbons (Fsp3) is 0.920. The van der Waals surface area contributed by atoms with Crippen molar-refractivity contribution in [2.24, 2.45) is 34.0 Å². The van der Waals surface area contributed by atoms with Gasteiger partial charge in [-0.1, -0.05) is 34.1 Å². The third-order valence-corrected chi connectivity index (χ3v) is 9.56. The topological polar surface area (TPSA) is 72.8 Å². The summed E-state index contributed by atoms with van der Waals surface area (Å²) in [6, 6.07) is 0. The van der Waals surface area contributed by atoms with E-state index < -0.39 is 22.9 Å². The van der Waals surface area contributed by atoms with Gasteiger partial charge in [0.2, 0.25) is 0 Å². The highest BCUT2D eigenvalue weighted by Gasteiger charge is 2.65. The van der Waals surface area contributed by atoms with E-state index in [0.717, 1.165) is 25.7 Å². The van der Waals surface area contributed by atoms with Gasteiger partial charge in [0.1, 0.15) is 19.3 Å². The van der Waals surface area contributed by atoms with Gasteiger partial charge >= 0.3 is 11.9 Å². The second kappa shape index (κ2) is 8.52. The molecular weight excluding hydrogens is 416 g/mol. The van der Waals surface area contributed by atoms with Crippen LogP contribution in [0.25, 0.3) is 0 Å². The molecule has 0 spiro atoms. The van der Waals surface area contributed by atoms with Crippen molar-refractivity contribution >= 4 is 23.5 Å². The molecule has 0 aromatic carbocycles. The lowest BCUT2D eigenvalue weighted by molar-refractivity contribution is -0.191. The number of halogens is 1. The van der Waals surface area contributed by atoms with Gasteiger partial charge in [0.15, 0.2) is 0 Å². The Bertz CT molecular complexity index is 704. The highest BCUT2D eigenvalue weighted by Crippen LogP contribution is 2.70. The summed E-state index contributed by atoms with van der Waals surface area (Å²) in [5, 5.41) is 10.0. The number of esters is 2. The largest absolute Gasteiger partial charge is 0.463 e. The van der Waals surface area contributed by atoms with Gasteiger partial charge in [0, 0.05) is 6.92 Å². The summed E-state index contributed by atoms with van der Waals surface area (Å²) >= 11 is 7.00. The summed E-state index contributed by atoms with van der Waals surface area (Å²) in [4.78, 5) is 23.7. The molecule has 31 heavy (non-hydrogen) atoms. The second-order valence-electron chi connectivity index (χ2n) is 11.8. The minimum Gasteiger partial charge on any atom is -0.463 e. The van der Waals surface area contributed by atoms with E-state index in [4.69, 9.17) is 21.1 Å². The van der Waals surface area contributed by atoms with Gasteiger partial charge in [-0.25, -0.2) is 0 Å². The molecule has 3 aliphatic carbocycles. The molecule has 178 valence electrons. The first-order chi connectivity index (χ1) is 14.2. The van der Waals surface area contributed by atoms with E-state index in [9.17, 15) is 14.7 Å². The van der Waals surface area contributed by atoms with Crippen LogP contribution in [0, 0.1) is 34.0 Å². The van der Waals surface area contributed by atoms with E-state index in [1.54, 1.807) is 0 Å². The van der Waals surface area contributed by atoms with E-state index in [2.05, 4.69) is 27.7 Å². The molecule has 3 aliphatic rings. The number of aliphatic hydroxyl groups excluding tert-OH is 1. The number of aliphatic hydroxyl groups is 1. The average Bonchev–Trinajstić information content (AvgIpc) is 2.62. The van der Waals surface area contributed by atoms with Crippen molar-refractivity contribution in [3.8, 4) is 0 Å². The molecule has 0 aliphatic heterocycles. The van der Waals surface area contributed by atoms with Crippen LogP contribution in [0.1, 0.15) is 86.5 Å². The molecule has 0 bridgehead atoms. The molecule has 6 heteroatoms. The number of carbonyl (C=O) groups excluding carboxylic acids is 2. The first kappa shape index (κ1) is 24.8. The molecule has 5 nitrogen and oxygen atoms in total. The van der Waals surface area contributed by atoms with Gasteiger partial charge in [-0.2, -0.15) is 0 Å². The standard InChI is InChI=1S/C25H41ClO5/c1-16(27)30-14-17(28)15-31-21(29)20-24(5)12-8-18-22(2,3)10-7-11-23(18,4)19(24)9-13-25(20,6)26/h17-20,28H,7-15H2,1-6H3/t17-,18?,19?,20+,23+,24-,25-/m0/s1. The summed E-state index contributed by atoms with van der Waals surface area (Å²) in [7, 11) is 0. The summed E-state index contributed by atoms with van der Waals surface area (Å²) < 4.78 is 10.4. The Labute approximate surface area is 192 Å². The van der Waals surface area contributed by atoms with Crippen molar-refractivity contribution in [1.82, 2.24) is 0 Å². The molecule has 0 heterocycles. The van der Waals surface area contributed by atoms with Crippen LogP contribution in [-0.4, -0.2) is 41.2 Å². The lowest BCUT2D eigenvalue weighted by Gasteiger charge is -2.66. The summed E-state index contributed by atoms with van der Waals surface area (Å²) in [6.07, 6.45) is 6.60. The molecule has 3 fully saturated rings. The molecule has 0 aromatic heterocycles. The van der Waals surface area contributed by atoms with Crippen LogP contribution in [0.15, 0.2) is 0 Å². The summed E-state index contributed by atoms with van der Waals surface area (Å²) in [6.45, 7) is 12.4. The van der Waals surface area contributed by atoms with Crippen LogP contribution in [0.2, 0.25) is 0 Å². The Morgan fingerprint density at radius 2 is 1.55 bits per heavy atom. The Balaban J connectivity index is 1.82. The number of carbonyl (C=O) groups is 2. The quantitative estimate of drug-likeness (QED) is 0.459. The average molecular weight is 457 g/mol. The van der Waals surface area contributed by atoms with E-state index in [1.165, 1.54) is 26.2 Å². The Morgan fingerprint density at radius 1 is 0.935 bits per heavy atom. The smallest absolute Gasteiger partial charge is 0.311 e. The van der Waals surface area contributed by atoms with Crippen molar-refractivity contribution in [3.63, 3.8) is 0 Å². The zero-order valence-corrected chi connectivity index (χ0v) is 20.9. The highest BCUT2D eigenvalue weighted by atomic mass is 35.5. The zero-order valence-electron chi connectivity index (χ0n) is 20.1. The van der Waals surface area contributed by atoms with Crippen LogP contribution in [0.4, 0.5) is 0 Å². The summed E-state index contributed by atoms with van der Waals surface area (Å²) in [5.74, 6) is -0.142. The van der Waals surface area contributed by atoms with E-state index in [-0.39, 0.29) is 30.0 Å². The van der Waals surface area contributed by atoms with Crippen LogP contribution >= 0.6 is 11.6 Å². The first-order valence-electron chi connectivity index (χ1n) is 11.9. The van der Waals surface area contributed by atoms with Crippen molar-refractivity contribution in [2.45, 2.75) is 97.5 Å². The molecule has 0 amide bonds. The molecule has 0 aromatic rings. The van der Waals surface area contributed by atoms with Gasteiger partial charge < -0.3 is 14.6 Å². The van der Waals surface area contributed by atoms with Gasteiger partial charge in [-0.05, 0) is 73.5 Å². The van der Waals surface area contributed by atoms with Gasteiger partial charge in [0.25, 0.3) is 0 Å². The number of hydrogen-bond donors (Lipinski definition) is 1. The van der Waals surface area contributed by atoms with E-state index in [0.29, 0.717) is 17.3 Å². The Morgan fingerprint density at radius 3 is 2.19 bits per heavy atom. The molecule has 3 rings (SSSR count). The third-order valence-electron chi connectivity index (χ3n) is 9.16. The Hall–Kier alpha value is -0.810. The van der Waals surface area contributed by atoms with Crippen LogP contribution in [-0.2, 0) is 19.1 Å². The van der Waals surface area contributed by atoms with E-state index >= 15 is 0 Å². The fourth-order valence-electron chi connectivity index (χ4n) is 7.99. The molecule has 0 radical (unpaired) electrons. The van der Waals surface area contributed by atoms with Crippen LogP contribution < -0.4 is 0 Å². The number of rotatable bonds is 5. The molecular formula is C25H41ClO5. The molecule has 3 saturated carbocycles. The number of alkyl halides is 1. The maximum absolute atomic E-state index is 13.4. The molecule has 7 atom stereocenters. The maximum Gasteiger partial charge on any atom is 0.311 e. The van der Waals surface area contributed by atoms with Gasteiger partial charge in [-0.15, -0.1) is 11.6 Å². The monoisotopic (exact) mass is 456 g/mol. The first-order valence-corrected chi connectivity index (χ1v) is 12.3. The lowest BCUT2D eigenvalue weighted by Crippen LogP contribution is -2.63. The van der Waals surface area contributed by atoms with E-state index in [1.807, 2.05) is 6.92 Å². The van der Waals surface area contributed by atoms with Gasteiger partial charge in [0.05, 0.1) is 10.8 Å². The predicted octanol–water partition coefficient (Wildman–Crippen LogP) is 5.11. The Kier molecular flexibility index (Phi) is 6.82. The normalized spacial score (nSPS) is 42.6. The molecule has 2 unspecified atom stereocenters.